The third kappa shape index (κ3) is 5.50. The van der Waals surface area contributed by atoms with Gasteiger partial charge in [0.05, 0.1) is 22.2 Å². The molecule has 0 unspecified atom stereocenters. The zero-order chi connectivity index (χ0) is 24.3. The van der Waals surface area contributed by atoms with E-state index in [0.717, 1.165) is 22.4 Å². The molecule has 2 heterocycles. The van der Waals surface area contributed by atoms with E-state index in [0.29, 0.717) is 30.6 Å². The normalized spacial score (nSPS) is 11.7. The molecule has 2 amide bonds. The monoisotopic (exact) mass is 451 g/mol. The quantitative estimate of drug-likeness (QED) is 0.473. The molecule has 3 N–H and O–H groups in total. The lowest BCUT2D eigenvalue weighted by Gasteiger charge is -2.20. The van der Waals surface area contributed by atoms with Gasteiger partial charge in [-0.1, -0.05) is 19.9 Å². The van der Waals surface area contributed by atoms with E-state index >= 15 is 0 Å². The van der Waals surface area contributed by atoms with Crippen molar-refractivity contribution in [1.82, 2.24) is 25.4 Å². The predicted octanol–water partition coefficient (Wildman–Crippen LogP) is 3.87. The molecule has 0 spiro atoms. The highest BCUT2D eigenvalue weighted by atomic mass is 16.3. The molecule has 0 saturated heterocycles. The Morgan fingerprint density at radius 3 is 2.36 bits per heavy atom. The number of nitrogens with zero attached hydrogens (tertiary/aromatic N) is 3. The molecule has 33 heavy (non-hydrogen) atoms. The van der Waals surface area contributed by atoms with Crippen molar-refractivity contribution in [3.63, 3.8) is 0 Å². The summed E-state index contributed by atoms with van der Waals surface area (Å²) in [6.45, 7) is 13.0. The van der Waals surface area contributed by atoms with Gasteiger partial charge in [-0.3, -0.25) is 9.59 Å². The van der Waals surface area contributed by atoms with Crippen LogP contribution in [0.1, 0.15) is 79.1 Å². The van der Waals surface area contributed by atoms with Crippen LogP contribution in [0.25, 0.3) is 11.0 Å². The number of benzene rings is 1. The van der Waals surface area contributed by atoms with Gasteiger partial charge in [0, 0.05) is 24.3 Å². The van der Waals surface area contributed by atoms with Crippen LogP contribution in [0.4, 0.5) is 0 Å². The molecule has 0 radical (unpaired) electrons. The molecule has 0 aliphatic rings. The molecule has 0 bridgehead atoms. The van der Waals surface area contributed by atoms with Crippen LogP contribution >= 0.6 is 0 Å². The van der Waals surface area contributed by atoms with Crippen LogP contribution in [0.15, 0.2) is 30.3 Å². The molecular formula is C25H33N5O3. The Labute approximate surface area is 194 Å². The van der Waals surface area contributed by atoms with Crippen LogP contribution < -0.4 is 10.6 Å². The molecule has 1 aromatic carbocycles. The van der Waals surface area contributed by atoms with E-state index in [1.165, 1.54) is 12.1 Å². The largest absolute Gasteiger partial charge is 0.508 e. The third-order valence-corrected chi connectivity index (χ3v) is 5.34. The van der Waals surface area contributed by atoms with E-state index in [9.17, 15) is 14.7 Å². The van der Waals surface area contributed by atoms with E-state index in [4.69, 9.17) is 4.98 Å². The van der Waals surface area contributed by atoms with E-state index < -0.39 is 0 Å². The number of carbonyl (C=O) groups excluding carboxylic acids is 2. The molecule has 0 fully saturated rings. The summed E-state index contributed by atoms with van der Waals surface area (Å²) in [6, 6.07) is 8.04. The van der Waals surface area contributed by atoms with E-state index in [2.05, 4.69) is 50.4 Å². The Morgan fingerprint density at radius 1 is 1.09 bits per heavy atom. The van der Waals surface area contributed by atoms with Gasteiger partial charge in [-0.2, -0.15) is 5.10 Å². The summed E-state index contributed by atoms with van der Waals surface area (Å²) in [7, 11) is 0. The highest BCUT2D eigenvalue weighted by Crippen LogP contribution is 2.28. The lowest BCUT2D eigenvalue weighted by Crippen LogP contribution is -2.30. The molecular weight excluding hydrogens is 418 g/mol. The van der Waals surface area contributed by atoms with Gasteiger partial charge >= 0.3 is 0 Å². The topological polar surface area (TPSA) is 109 Å². The molecule has 176 valence electrons. The van der Waals surface area contributed by atoms with Crippen LogP contribution in [0.3, 0.4) is 0 Å². The number of aryl methyl sites for hydroxylation is 1. The number of hydrogen-bond donors (Lipinski definition) is 3. The number of carbonyl (C=O) groups is 2. The van der Waals surface area contributed by atoms with E-state index in [-0.39, 0.29) is 29.0 Å². The number of pyridine rings is 1. The number of phenols is 1. The van der Waals surface area contributed by atoms with Gasteiger partial charge in [0.2, 0.25) is 0 Å². The molecule has 0 aliphatic heterocycles. The highest BCUT2D eigenvalue weighted by molar-refractivity contribution is 6.06. The van der Waals surface area contributed by atoms with Crippen LogP contribution in [-0.4, -0.2) is 44.8 Å². The highest BCUT2D eigenvalue weighted by Gasteiger charge is 2.25. The Kier molecular flexibility index (Phi) is 7.05. The minimum atomic E-state index is -0.267. The van der Waals surface area contributed by atoms with Crippen molar-refractivity contribution >= 4 is 22.8 Å². The number of nitrogens with one attached hydrogen (secondary N) is 2. The van der Waals surface area contributed by atoms with Gasteiger partial charge < -0.3 is 15.7 Å². The minimum Gasteiger partial charge on any atom is -0.508 e. The van der Waals surface area contributed by atoms with Gasteiger partial charge in [-0.05, 0) is 64.3 Å². The maximum Gasteiger partial charge on any atom is 0.252 e. The lowest BCUT2D eigenvalue weighted by molar-refractivity contribution is 0.0952. The average molecular weight is 452 g/mol. The average Bonchev–Trinajstić information content (AvgIpc) is 3.09. The molecule has 2 aromatic heterocycles. The summed E-state index contributed by atoms with van der Waals surface area (Å²) in [4.78, 5) is 30.1. The molecule has 0 saturated carbocycles. The maximum atomic E-state index is 13.1. The van der Waals surface area contributed by atoms with Crippen molar-refractivity contribution in [1.29, 1.82) is 0 Å². The summed E-state index contributed by atoms with van der Waals surface area (Å²) >= 11 is 0. The fraction of sp³-hybridized carbons (Fsp3) is 0.440. The van der Waals surface area contributed by atoms with E-state index in [1.807, 2.05) is 17.7 Å². The van der Waals surface area contributed by atoms with Crippen molar-refractivity contribution < 1.29 is 14.7 Å². The SMILES string of the molecule is Cc1nn(C(C)(C)C)c2nc(C(C)C)cc(C(=O)NCCCNC(=O)c3cccc(O)c3)c12. The number of amides is 2. The fourth-order valence-corrected chi connectivity index (χ4v) is 3.59. The smallest absolute Gasteiger partial charge is 0.252 e. The zero-order valence-electron chi connectivity index (χ0n) is 20.2. The van der Waals surface area contributed by atoms with Crippen molar-refractivity contribution in [2.45, 2.75) is 59.4 Å². The second kappa shape index (κ2) is 9.60. The Bertz CT molecular complexity index is 1170. The van der Waals surface area contributed by atoms with Crippen molar-refractivity contribution in [2.24, 2.45) is 0 Å². The van der Waals surface area contributed by atoms with Gasteiger partial charge in [0.1, 0.15) is 5.75 Å². The minimum absolute atomic E-state index is 0.0458. The van der Waals surface area contributed by atoms with Crippen LogP contribution in [-0.2, 0) is 5.54 Å². The number of aromatic nitrogens is 3. The first-order valence-corrected chi connectivity index (χ1v) is 11.2. The second-order valence-corrected chi connectivity index (χ2v) is 9.53. The molecule has 8 nitrogen and oxygen atoms in total. The first-order valence-electron chi connectivity index (χ1n) is 11.2. The molecule has 8 heteroatoms. The van der Waals surface area contributed by atoms with Gasteiger partial charge in [-0.15, -0.1) is 0 Å². The van der Waals surface area contributed by atoms with Crippen LogP contribution in [0, 0.1) is 6.92 Å². The van der Waals surface area contributed by atoms with Crippen LogP contribution in [0.2, 0.25) is 0 Å². The Hall–Kier alpha value is -3.42. The number of rotatable bonds is 7. The number of aromatic hydroxyl groups is 1. The summed E-state index contributed by atoms with van der Waals surface area (Å²) in [5, 5.41) is 20.7. The first-order chi connectivity index (χ1) is 15.5. The summed E-state index contributed by atoms with van der Waals surface area (Å²) in [6.07, 6.45) is 0.571. The molecule has 3 aromatic rings. The van der Waals surface area contributed by atoms with E-state index in [1.54, 1.807) is 12.1 Å². The number of hydrogen-bond acceptors (Lipinski definition) is 5. The number of fused-ring (bicyclic) bond motifs is 1. The molecule has 3 rings (SSSR count). The Balaban J connectivity index is 1.70. The predicted molar refractivity (Wildman–Crippen MR) is 129 cm³/mol. The van der Waals surface area contributed by atoms with Gasteiger partial charge in [0.15, 0.2) is 5.65 Å². The molecule has 0 aliphatic carbocycles. The summed E-state index contributed by atoms with van der Waals surface area (Å²) in [5.41, 5.74) is 3.03. The third-order valence-electron chi connectivity index (χ3n) is 5.34. The second-order valence-electron chi connectivity index (χ2n) is 9.53. The maximum absolute atomic E-state index is 13.1. The summed E-state index contributed by atoms with van der Waals surface area (Å²) < 4.78 is 1.89. The lowest BCUT2D eigenvalue weighted by atomic mass is 10.0. The molecule has 0 atom stereocenters. The van der Waals surface area contributed by atoms with Gasteiger partial charge in [0.25, 0.3) is 11.8 Å². The standard InChI is InChI=1S/C25H33N5O3/c1-15(2)20-14-19(21-16(3)29-30(22(21)28-20)25(4,5)6)24(33)27-12-8-11-26-23(32)17-9-7-10-18(31)13-17/h7,9-10,13-15,31H,8,11-12H2,1-6H3,(H,26,32)(H,27,33). The van der Waals surface area contributed by atoms with Crippen molar-refractivity contribution in [3.05, 3.63) is 52.8 Å². The van der Waals surface area contributed by atoms with Gasteiger partial charge in [-0.25, -0.2) is 9.67 Å². The van der Waals surface area contributed by atoms with Crippen molar-refractivity contribution in [2.75, 3.05) is 13.1 Å². The van der Waals surface area contributed by atoms with Crippen molar-refractivity contribution in [3.8, 4) is 5.75 Å². The van der Waals surface area contributed by atoms with Crippen LogP contribution in [0.5, 0.6) is 5.75 Å². The first kappa shape index (κ1) is 24.2. The zero-order valence-corrected chi connectivity index (χ0v) is 20.2. The number of phenolic OH excluding ortho intramolecular Hbond substituents is 1. The Morgan fingerprint density at radius 2 is 1.76 bits per heavy atom. The fourth-order valence-electron chi connectivity index (χ4n) is 3.59. The summed E-state index contributed by atoms with van der Waals surface area (Å²) in [5.74, 6) is -0.235.